The Labute approximate surface area is 448 Å². The van der Waals surface area contributed by atoms with E-state index < -0.39 is 20.0 Å². The summed E-state index contributed by atoms with van der Waals surface area (Å²) in [6.07, 6.45) is 63.3. The second-order valence-corrected chi connectivity index (χ2v) is 24.4. The van der Waals surface area contributed by atoms with Crippen LogP contribution in [0, 0.1) is 0 Å². The molecule has 3 unspecified atom stereocenters. The summed E-state index contributed by atoms with van der Waals surface area (Å²) in [5, 5.41) is 13.8. The first-order valence-corrected chi connectivity index (χ1v) is 33.1. The van der Waals surface area contributed by atoms with Crippen LogP contribution in [-0.4, -0.2) is 81.8 Å². The normalized spacial score (nSPS) is 13.8. The van der Waals surface area contributed by atoms with Crippen molar-refractivity contribution in [1.82, 2.24) is 5.32 Å². The summed E-state index contributed by atoms with van der Waals surface area (Å²) in [6.45, 7) is 6.59. The van der Waals surface area contributed by atoms with Crippen LogP contribution in [0.3, 0.4) is 0 Å². The molecule has 72 heavy (non-hydrogen) atoms. The molecule has 0 aromatic rings. The molecule has 0 fully saturated rings. The van der Waals surface area contributed by atoms with Gasteiger partial charge in [0, 0.05) is 19.6 Å². The molecule has 9 nitrogen and oxygen atoms in total. The van der Waals surface area contributed by atoms with Gasteiger partial charge in [0.2, 0.25) is 5.91 Å². The van der Waals surface area contributed by atoms with Crippen molar-refractivity contribution in [3.8, 4) is 0 Å². The van der Waals surface area contributed by atoms with Gasteiger partial charge in [0.25, 0.3) is 7.82 Å². The Hall–Kier alpha value is -0.800. The van der Waals surface area contributed by atoms with E-state index in [1.54, 1.807) is 6.08 Å². The van der Waals surface area contributed by atoms with Crippen molar-refractivity contribution in [3.05, 3.63) is 12.2 Å². The van der Waals surface area contributed by atoms with Gasteiger partial charge in [0.1, 0.15) is 13.2 Å². The summed E-state index contributed by atoms with van der Waals surface area (Å²) in [4.78, 5) is 25.4. The highest BCUT2D eigenvalue weighted by Gasteiger charge is 2.23. The van der Waals surface area contributed by atoms with E-state index in [2.05, 4.69) is 19.2 Å². The number of aliphatic hydroxyl groups is 1. The van der Waals surface area contributed by atoms with Gasteiger partial charge in [-0.25, -0.2) is 0 Å². The highest BCUT2D eigenvalue weighted by atomic mass is 31.2. The number of hydrogen-bond acceptors (Lipinski definition) is 7. The zero-order valence-electron chi connectivity index (χ0n) is 48.9. The van der Waals surface area contributed by atoms with Crippen LogP contribution in [0.4, 0.5) is 0 Å². The summed E-state index contributed by atoms with van der Waals surface area (Å²) in [5.41, 5.74) is 0. The third-order valence-electron chi connectivity index (χ3n) is 14.6. The van der Waals surface area contributed by atoms with Crippen LogP contribution in [0.2, 0.25) is 0 Å². The van der Waals surface area contributed by atoms with Crippen molar-refractivity contribution in [2.75, 3.05) is 54.1 Å². The van der Waals surface area contributed by atoms with Gasteiger partial charge in [0.15, 0.2) is 0 Å². The second kappa shape index (κ2) is 55.0. The van der Waals surface area contributed by atoms with Crippen LogP contribution in [-0.2, 0) is 23.1 Å². The predicted octanol–water partition coefficient (Wildman–Crippen LogP) is 18.0. The summed E-state index contributed by atoms with van der Waals surface area (Å²) >= 11 is 0. The fourth-order valence-electron chi connectivity index (χ4n) is 9.61. The smallest absolute Gasteiger partial charge is 0.268 e. The quantitative estimate of drug-likeness (QED) is 0.0270. The Bertz CT molecular complexity index is 1180. The summed E-state index contributed by atoms with van der Waals surface area (Å²) in [7, 11) is 1.27. The summed E-state index contributed by atoms with van der Waals surface area (Å²) < 4.78 is 29.2. The van der Waals surface area contributed by atoms with Crippen molar-refractivity contribution >= 4 is 13.7 Å². The molecule has 0 spiro atoms. The van der Waals surface area contributed by atoms with E-state index in [1.165, 1.54) is 257 Å². The Morgan fingerprint density at radius 3 is 1.15 bits per heavy atom. The SMILES string of the molecule is CCCCCCCCCCCC/C=C/C(O)C(COP(=O)([O-])OCC[N+](C)(C)C)NC(=O)CCCCCCCCCCCCCCCCCCCCCCOCCCCCCCCCCCCCCCCC. The highest BCUT2D eigenvalue weighted by molar-refractivity contribution is 7.45. The number of phosphoric acid groups is 1. The predicted molar refractivity (Wildman–Crippen MR) is 309 cm³/mol. The molecule has 0 heterocycles. The zero-order valence-corrected chi connectivity index (χ0v) is 49.8. The Morgan fingerprint density at radius 1 is 0.486 bits per heavy atom. The minimum absolute atomic E-state index is 0.000298. The van der Waals surface area contributed by atoms with E-state index in [0.717, 1.165) is 51.7 Å². The van der Waals surface area contributed by atoms with E-state index in [4.69, 9.17) is 13.8 Å². The van der Waals surface area contributed by atoms with Gasteiger partial charge in [-0.2, -0.15) is 0 Å². The molecule has 0 aliphatic carbocycles. The molecular weight excluding hydrogens is 916 g/mol. The number of quaternary nitrogens is 1. The van der Waals surface area contributed by atoms with Crippen molar-refractivity contribution in [2.45, 2.75) is 328 Å². The molecule has 0 bridgehead atoms. The molecule has 1 amide bonds. The highest BCUT2D eigenvalue weighted by Crippen LogP contribution is 2.38. The number of amides is 1. The van der Waals surface area contributed by atoms with E-state index in [1.807, 2.05) is 27.2 Å². The molecule has 0 aliphatic heterocycles. The lowest BCUT2D eigenvalue weighted by molar-refractivity contribution is -0.870. The van der Waals surface area contributed by atoms with E-state index >= 15 is 0 Å². The minimum Gasteiger partial charge on any atom is -0.756 e. The lowest BCUT2D eigenvalue weighted by atomic mass is 10.0. The number of nitrogens with zero attached hydrogens (tertiary/aromatic N) is 1. The molecule has 0 aromatic heterocycles. The molecule has 2 N–H and O–H groups in total. The number of aliphatic hydroxyl groups excluding tert-OH is 1. The molecule has 0 aliphatic rings. The van der Waals surface area contributed by atoms with Crippen molar-refractivity contribution in [3.63, 3.8) is 0 Å². The van der Waals surface area contributed by atoms with Gasteiger partial charge in [-0.1, -0.05) is 289 Å². The number of unbranched alkanes of at least 4 members (excludes halogenated alkanes) is 43. The molecule has 10 heteroatoms. The van der Waals surface area contributed by atoms with Crippen LogP contribution < -0.4 is 10.2 Å². The zero-order chi connectivity index (χ0) is 52.7. The summed E-state index contributed by atoms with van der Waals surface area (Å²) in [5.74, 6) is -0.194. The van der Waals surface area contributed by atoms with E-state index in [9.17, 15) is 19.4 Å². The van der Waals surface area contributed by atoms with Crippen LogP contribution in [0.25, 0.3) is 0 Å². The largest absolute Gasteiger partial charge is 0.756 e. The first-order chi connectivity index (χ1) is 35.0. The maximum atomic E-state index is 12.9. The summed E-state index contributed by atoms with van der Waals surface area (Å²) in [6, 6.07) is -0.884. The van der Waals surface area contributed by atoms with Gasteiger partial charge >= 0.3 is 0 Å². The Morgan fingerprint density at radius 2 is 0.806 bits per heavy atom. The average Bonchev–Trinajstić information content (AvgIpc) is 3.34. The van der Waals surface area contributed by atoms with E-state index in [0.29, 0.717) is 17.4 Å². The number of ether oxygens (including phenoxy) is 1. The second-order valence-electron chi connectivity index (χ2n) is 23.0. The number of likely N-dealkylation sites (N-methyl/N-ethyl adjacent to an activating group) is 1. The Kier molecular flexibility index (Phi) is 54.4. The topological polar surface area (TPSA) is 117 Å². The van der Waals surface area contributed by atoms with Crippen LogP contribution in [0.15, 0.2) is 12.2 Å². The molecule has 430 valence electrons. The molecule has 0 rings (SSSR count). The average molecular weight is 1040 g/mol. The first-order valence-electron chi connectivity index (χ1n) is 31.6. The van der Waals surface area contributed by atoms with Gasteiger partial charge < -0.3 is 33.6 Å². The third-order valence-corrected chi connectivity index (χ3v) is 15.5. The number of phosphoric ester groups is 1. The van der Waals surface area contributed by atoms with Crippen LogP contribution in [0.5, 0.6) is 0 Å². The number of carbonyl (C=O) groups is 1. The monoisotopic (exact) mass is 1040 g/mol. The maximum Gasteiger partial charge on any atom is 0.268 e. The lowest BCUT2D eigenvalue weighted by Gasteiger charge is -2.29. The maximum absolute atomic E-state index is 12.9. The van der Waals surface area contributed by atoms with Gasteiger partial charge in [0.05, 0.1) is 39.9 Å². The van der Waals surface area contributed by atoms with E-state index in [-0.39, 0.29) is 19.1 Å². The van der Waals surface area contributed by atoms with Crippen LogP contribution in [0.1, 0.15) is 316 Å². The fourth-order valence-corrected chi connectivity index (χ4v) is 10.3. The number of hydrogen-bond donors (Lipinski definition) is 2. The Balaban J connectivity index is 3.82. The first kappa shape index (κ1) is 71.2. The van der Waals surface area contributed by atoms with Crippen molar-refractivity contribution < 1.29 is 37.6 Å². The number of rotatable bonds is 60. The standard InChI is InChI=1S/C62H125N2O7P/c1-6-8-10-12-14-16-18-20-28-31-35-39-43-47-51-56-69-57-52-48-44-40-36-32-29-26-24-22-21-23-25-27-30-34-38-42-46-50-54-62(66)63-60(59-71-72(67,68)70-58-55-64(3,4)5)61(65)53-49-45-41-37-33-19-17-15-13-11-9-7-2/h49,53,60-61,65H,6-48,50-52,54-59H2,1-5H3,(H-,63,66,67,68)/b53-49+. The molecule has 0 saturated heterocycles. The fraction of sp³-hybridized carbons (Fsp3) is 0.952. The van der Waals surface area contributed by atoms with Gasteiger partial charge in [-0.15, -0.1) is 0 Å². The van der Waals surface area contributed by atoms with Crippen molar-refractivity contribution in [2.24, 2.45) is 0 Å². The lowest BCUT2D eigenvalue weighted by Crippen LogP contribution is -2.45. The number of allylic oxidation sites excluding steroid dienone is 1. The molecule has 0 saturated carbocycles. The third kappa shape index (κ3) is 56.9. The molecule has 0 radical (unpaired) electrons. The minimum atomic E-state index is -4.59. The van der Waals surface area contributed by atoms with Crippen molar-refractivity contribution in [1.29, 1.82) is 0 Å². The molecule has 3 atom stereocenters. The molecular formula is C62H125N2O7P. The van der Waals surface area contributed by atoms with Gasteiger partial charge in [-0.3, -0.25) is 9.36 Å². The number of carbonyl (C=O) groups excluding carboxylic acids is 1. The van der Waals surface area contributed by atoms with Gasteiger partial charge in [-0.05, 0) is 32.1 Å². The molecule has 0 aromatic carbocycles. The van der Waals surface area contributed by atoms with Crippen LogP contribution >= 0.6 is 7.82 Å². The number of nitrogens with one attached hydrogen (secondary N) is 1.